The third-order valence-corrected chi connectivity index (χ3v) is 4.83. The number of halogens is 2. The second-order valence-electron chi connectivity index (χ2n) is 4.43. The Kier molecular flexibility index (Phi) is 3.54. The van der Waals surface area contributed by atoms with Crippen molar-refractivity contribution in [2.24, 2.45) is 0 Å². The lowest BCUT2D eigenvalue weighted by molar-refractivity contribution is 1.22. The Hall–Kier alpha value is -1.36. The molecule has 1 N–H and O–H groups in total. The maximum atomic E-state index is 6.18. The molecule has 0 aliphatic rings. The molecular weight excluding hydrogens is 313 g/mol. The van der Waals surface area contributed by atoms with Crippen molar-refractivity contribution in [3.05, 3.63) is 45.0 Å². The van der Waals surface area contributed by atoms with Gasteiger partial charge in [-0.2, -0.15) is 0 Å². The molecule has 102 valence electrons. The van der Waals surface area contributed by atoms with E-state index >= 15 is 0 Å². The molecule has 0 fully saturated rings. The minimum absolute atomic E-state index is 0.603. The first-order chi connectivity index (χ1) is 9.56. The number of aromatic nitrogens is 2. The Morgan fingerprint density at radius 3 is 2.75 bits per heavy atom. The summed E-state index contributed by atoms with van der Waals surface area (Å²) in [6.45, 7) is 4.15. The Bertz CT molecular complexity index is 798. The SMILES string of the molecule is Cc1sc2ncnc(Nc3cc(Cl)ccc3Cl)c2c1C. The maximum Gasteiger partial charge on any atom is 0.142 e. The number of nitrogens with zero attached hydrogens (tertiary/aromatic N) is 2. The lowest BCUT2D eigenvalue weighted by atomic mass is 10.2. The van der Waals surface area contributed by atoms with E-state index in [1.54, 1.807) is 35.9 Å². The quantitative estimate of drug-likeness (QED) is 0.690. The number of aryl methyl sites for hydroxylation is 2. The van der Waals surface area contributed by atoms with Crippen LogP contribution >= 0.6 is 34.5 Å². The van der Waals surface area contributed by atoms with E-state index in [0.29, 0.717) is 10.0 Å². The van der Waals surface area contributed by atoms with Gasteiger partial charge in [0.2, 0.25) is 0 Å². The first-order valence-electron chi connectivity index (χ1n) is 5.99. The van der Waals surface area contributed by atoms with Gasteiger partial charge in [-0.25, -0.2) is 9.97 Å². The molecule has 6 heteroatoms. The number of thiophene rings is 1. The normalized spacial score (nSPS) is 11.0. The van der Waals surface area contributed by atoms with Gasteiger partial charge in [-0.15, -0.1) is 11.3 Å². The number of hydrogen-bond donors (Lipinski definition) is 1. The molecule has 0 amide bonds. The van der Waals surface area contributed by atoms with Crippen LogP contribution in [0, 0.1) is 13.8 Å². The van der Waals surface area contributed by atoms with Crippen molar-refractivity contribution in [2.45, 2.75) is 13.8 Å². The van der Waals surface area contributed by atoms with Gasteiger partial charge in [-0.3, -0.25) is 0 Å². The topological polar surface area (TPSA) is 37.8 Å². The van der Waals surface area contributed by atoms with Gasteiger partial charge in [0.1, 0.15) is 17.0 Å². The molecule has 3 rings (SSSR count). The highest BCUT2D eigenvalue weighted by Gasteiger charge is 2.13. The summed E-state index contributed by atoms with van der Waals surface area (Å²) >= 11 is 13.8. The average molecular weight is 324 g/mol. The van der Waals surface area contributed by atoms with E-state index in [1.165, 1.54) is 10.4 Å². The second-order valence-corrected chi connectivity index (χ2v) is 6.48. The van der Waals surface area contributed by atoms with Crippen LogP contribution in [0.4, 0.5) is 11.5 Å². The third kappa shape index (κ3) is 2.35. The highest BCUT2D eigenvalue weighted by atomic mass is 35.5. The Balaban J connectivity index is 2.13. The number of hydrogen-bond acceptors (Lipinski definition) is 4. The smallest absolute Gasteiger partial charge is 0.142 e. The summed E-state index contributed by atoms with van der Waals surface area (Å²) in [4.78, 5) is 10.8. The van der Waals surface area contributed by atoms with Crippen molar-refractivity contribution >= 4 is 56.3 Å². The minimum Gasteiger partial charge on any atom is -0.338 e. The van der Waals surface area contributed by atoms with Gasteiger partial charge in [0.25, 0.3) is 0 Å². The van der Waals surface area contributed by atoms with E-state index in [9.17, 15) is 0 Å². The summed E-state index contributed by atoms with van der Waals surface area (Å²) in [5.41, 5.74) is 1.92. The molecule has 0 atom stereocenters. The highest BCUT2D eigenvalue weighted by molar-refractivity contribution is 7.18. The predicted molar refractivity (Wildman–Crippen MR) is 86.6 cm³/mol. The lowest BCUT2D eigenvalue weighted by Crippen LogP contribution is -1.96. The Morgan fingerprint density at radius 1 is 1.15 bits per heavy atom. The zero-order valence-electron chi connectivity index (χ0n) is 10.9. The summed E-state index contributed by atoms with van der Waals surface area (Å²) < 4.78 is 0. The van der Waals surface area contributed by atoms with E-state index < -0.39 is 0 Å². The number of anilines is 2. The number of fused-ring (bicyclic) bond motifs is 1. The summed E-state index contributed by atoms with van der Waals surface area (Å²) in [6.07, 6.45) is 1.55. The van der Waals surface area contributed by atoms with E-state index in [4.69, 9.17) is 23.2 Å². The van der Waals surface area contributed by atoms with E-state index in [2.05, 4.69) is 29.1 Å². The molecule has 2 heterocycles. The highest BCUT2D eigenvalue weighted by Crippen LogP contribution is 2.35. The molecule has 20 heavy (non-hydrogen) atoms. The molecule has 0 aliphatic carbocycles. The molecule has 0 saturated heterocycles. The van der Waals surface area contributed by atoms with Crippen molar-refractivity contribution in [2.75, 3.05) is 5.32 Å². The average Bonchev–Trinajstić information content (AvgIpc) is 2.71. The third-order valence-electron chi connectivity index (χ3n) is 3.15. The van der Waals surface area contributed by atoms with Crippen LogP contribution in [0.1, 0.15) is 10.4 Å². The van der Waals surface area contributed by atoms with Crippen LogP contribution in [0.3, 0.4) is 0 Å². The van der Waals surface area contributed by atoms with Crippen LogP contribution in [0.15, 0.2) is 24.5 Å². The van der Waals surface area contributed by atoms with Crippen LogP contribution < -0.4 is 5.32 Å². The first kappa shape index (κ1) is 13.6. The Morgan fingerprint density at radius 2 is 1.95 bits per heavy atom. The molecule has 2 aromatic heterocycles. The van der Waals surface area contributed by atoms with Crippen LogP contribution in [-0.2, 0) is 0 Å². The molecule has 0 radical (unpaired) electrons. The monoisotopic (exact) mass is 323 g/mol. The fourth-order valence-electron chi connectivity index (χ4n) is 2.00. The predicted octanol–water partition coefficient (Wildman–Crippen LogP) is 5.36. The molecule has 0 spiro atoms. The minimum atomic E-state index is 0.603. The molecule has 0 saturated carbocycles. The fourth-order valence-corrected chi connectivity index (χ4v) is 3.33. The van der Waals surface area contributed by atoms with Gasteiger partial charge in [-0.1, -0.05) is 23.2 Å². The largest absolute Gasteiger partial charge is 0.338 e. The van der Waals surface area contributed by atoms with Crippen molar-refractivity contribution < 1.29 is 0 Å². The molecule has 0 unspecified atom stereocenters. The zero-order valence-corrected chi connectivity index (χ0v) is 13.2. The van der Waals surface area contributed by atoms with Crippen molar-refractivity contribution in [3.63, 3.8) is 0 Å². The fraction of sp³-hybridized carbons (Fsp3) is 0.143. The Labute approximate surface area is 130 Å². The maximum absolute atomic E-state index is 6.18. The van der Waals surface area contributed by atoms with Gasteiger partial charge in [0.05, 0.1) is 16.1 Å². The van der Waals surface area contributed by atoms with Crippen LogP contribution in [0.5, 0.6) is 0 Å². The van der Waals surface area contributed by atoms with Crippen molar-refractivity contribution in [1.82, 2.24) is 9.97 Å². The molecule has 0 bridgehead atoms. The number of rotatable bonds is 2. The second kappa shape index (κ2) is 5.20. The number of nitrogens with one attached hydrogen (secondary N) is 1. The van der Waals surface area contributed by atoms with Gasteiger partial charge < -0.3 is 5.32 Å². The summed E-state index contributed by atoms with van der Waals surface area (Å²) in [5.74, 6) is 0.751. The van der Waals surface area contributed by atoms with Crippen LogP contribution in [0.25, 0.3) is 10.2 Å². The van der Waals surface area contributed by atoms with Crippen LogP contribution in [-0.4, -0.2) is 9.97 Å². The van der Waals surface area contributed by atoms with Crippen LogP contribution in [0.2, 0.25) is 10.0 Å². The molecule has 3 aromatic rings. The molecule has 3 nitrogen and oxygen atoms in total. The van der Waals surface area contributed by atoms with Crippen molar-refractivity contribution in [3.8, 4) is 0 Å². The van der Waals surface area contributed by atoms with E-state index in [1.807, 2.05) is 0 Å². The van der Waals surface area contributed by atoms with E-state index in [-0.39, 0.29) is 0 Å². The molecular formula is C14H11Cl2N3S. The molecule has 1 aromatic carbocycles. The summed E-state index contributed by atoms with van der Waals surface area (Å²) in [7, 11) is 0. The van der Waals surface area contributed by atoms with Crippen molar-refractivity contribution in [1.29, 1.82) is 0 Å². The van der Waals surface area contributed by atoms with E-state index in [0.717, 1.165) is 21.7 Å². The number of benzene rings is 1. The first-order valence-corrected chi connectivity index (χ1v) is 7.56. The summed E-state index contributed by atoms with van der Waals surface area (Å²) in [5, 5.41) is 5.51. The van der Waals surface area contributed by atoms with Gasteiger partial charge in [-0.05, 0) is 37.6 Å². The lowest BCUT2D eigenvalue weighted by Gasteiger charge is -2.09. The molecule has 0 aliphatic heterocycles. The van der Waals surface area contributed by atoms with Gasteiger partial charge in [0, 0.05) is 9.90 Å². The standard InChI is InChI=1S/C14H11Cl2N3S/c1-7-8(2)20-14-12(7)13(17-6-18-14)19-11-5-9(15)3-4-10(11)16/h3-6H,1-2H3,(H,17,18,19). The zero-order chi connectivity index (χ0) is 14.3. The van der Waals surface area contributed by atoms with Gasteiger partial charge in [0.15, 0.2) is 0 Å². The van der Waals surface area contributed by atoms with Gasteiger partial charge >= 0.3 is 0 Å². The summed E-state index contributed by atoms with van der Waals surface area (Å²) in [6, 6.07) is 5.30.